The van der Waals surface area contributed by atoms with Crippen LogP contribution in [0.3, 0.4) is 0 Å². The number of carbonyl (C=O) groups is 1. The van der Waals surface area contributed by atoms with E-state index in [2.05, 4.69) is 27.4 Å². The van der Waals surface area contributed by atoms with E-state index in [9.17, 15) is 9.59 Å². The summed E-state index contributed by atoms with van der Waals surface area (Å²) in [5.74, 6) is 0.187. The van der Waals surface area contributed by atoms with Crippen LogP contribution in [0.5, 0.6) is 0 Å². The van der Waals surface area contributed by atoms with Crippen molar-refractivity contribution < 1.29 is 4.79 Å². The van der Waals surface area contributed by atoms with Gasteiger partial charge in [-0.2, -0.15) is 5.10 Å². The number of H-pyrrole nitrogens is 2. The minimum atomic E-state index is -0.301. The van der Waals surface area contributed by atoms with Crippen molar-refractivity contribution in [3.8, 4) is 0 Å². The smallest absolute Gasteiger partial charge is 0.258 e. The van der Waals surface area contributed by atoms with Gasteiger partial charge in [-0.05, 0) is 18.9 Å². The van der Waals surface area contributed by atoms with Crippen molar-refractivity contribution in [2.24, 2.45) is 0 Å². The molecule has 0 saturated carbocycles. The van der Waals surface area contributed by atoms with Crippen LogP contribution in [0.2, 0.25) is 0 Å². The summed E-state index contributed by atoms with van der Waals surface area (Å²) in [5, 5.41) is 9.58. The molecule has 6 heteroatoms. The quantitative estimate of drug-likeness (QED) is 0.764. The van der Waals surface area contributed by atoms with Crippen molar-refractivity contribution in [2.45, 2.75) is 26.2 Å². The third-order valence-electron chi connectivity index (χ3n) is 2.72. The maximum absolute atomic E-state index is 11.9. The van der Waals surface area contributed by atoms with Gasteiger partial charge in [0.25, 0.3) is 5.91 Å². The van der Waals surface area contributed by atoms with E-state index in [1.54, 1.807) is 0 Å². The van der Waals surface area contributed by atoms with Crippen LogP contribution < -0.4 is 10.9 Å². The fraction of sp³-hybridized carbons (Fsp3) is 0.308. The number of amides is 1. The predicted molar refractivity (Wildman–Crippen MR) is 72.2 cm³/mol. The first-order valence-corrected chi connectivity index (χ1v) is 6.23. The summed E-state index contributed by atoms with van der Waals surface area (Å²) in [6, 6.07) is 4.60. The van der Waals surface area contributed by atoms with Gasteiger partial charge in [0.2, 0.25) is 5.56 Å². The highest BCUT2D eigenvalue weighted by Gasteiger charge is 2.08. The molecule has 0 spiro atoms. The SMILES string of the molecule is CCCCc1cc(NC(=O)c2ccc(=O)[nH]c2)n[nH]1. The second-order valence-corrected chi connectivity index (χ2v) is 4.28. The molecule has 2 aromatic heterocycles. The average molecular weight is 260 g/mol. The number of nitrogens with zero attached hydrogens (tertiary/aromatic N) is 1. The molecule has 0 bridgehead atoms. The molecular weight excluding hydrogens is 244 g/mol. The molecule has 19 heavy (non-hydrogen) atoms. The first kappa shape index (κ1) is 13.1. The third kappa shape index (κ3) is 3.54. The minimum absolute atomic E-state index is 0.238. The van der Waals surface area contributed by atoms with E-state index in [0.29, 0.717) is 11.4 Å². The molecule has 0 aliphatic carbocycles. The number of anilines is 1. The zero-order valence-electron chi connectivity index (χ0n) is 10.7. The van der Waals surface area contributed by atoms with Crippen molar-refractivity contribution in [1.82, 2.24) is 15.2 Å². The van der Waals surface area contributed by atoms with E-state index in [0.717, 1.165) is 25.0 Å². The maximum Gasteiger partial charge on any atom is 0.258 e. The molecule has 2 rings (SSSR count). The van der Waals surface area contributed by atoms with Crippen LogP contribution in [0, 0.1) is 0 Å². The Morgan fingerprint density at radius 3 is 2.95 bits per heavy atom. The van der Waals surface area contributed by atoms with Crippen LogP contribution >= 0.6 is 0 Å². The van der Waals surface area contributed by atoms with Crippen molar-refractivity contribution in [3.05, 3.63) is 46.0 Å². The summed E-state index contributed by atoms with van der Waals surface area (Å²) in [4.78, 5) is 25.2. The van der Waals surface area contributed by atoms with E-state index < -0.39 is 0 Å². The van der Waals surface area contributed by atoms with Gasteiger partial charge in [0, 0.05) is 24.0 Å². The zero-order valence-corrected chi connectivity index (χ0v) is 10.7. The number of hydrogen-bond acceptors (Lipinski definition) is 3. The molecule has 0 unspecified atom stereocenters. The molecule has 2 heterocycles. The largest absolute Gasteiger partial charge is 0.328 e. The highest BCUT2D eigenvalue weighted by molar-refractivity contribution is 6.03. The topological polar surface area (TPSA) is 90.6 Å². The lowest BCUT2D eigenvalue weighted by Gasteiger charge is -2.00. The number of aromatic amines is 2. The number of pyridine rings is 1. The Morgan fingerprint density at radius 2 is 2.26 bits per heavy atom. The van der Waals surface area contributed by atoms with E-state index >= 15 is 0 Å². The molecule has 2 aromatic rings. The van der Waals surface area contributed by atoms with Crippen LogP contribution in [0.15, 0.2) is 29.2 Å². The molecule has 6 nitrogen and oxygen atoms in total. The standard InChI is InChI=1S/C13H16N4O2/c1-2-3-4-10-7-11(17-16-10)15-13(19)9-5-6-12(18)14-8-9/h5-8H,2-4H2,1H3,(H,14,18)(H2,15,16,17,19). The monoisotopic (exact) mass is 260 g/mol. The minimum Gasteiger partial charge on any atom is -0.328 e. The number of unbranched alkanes of at least 4 members (excludes halogenated alkanes) is 1. The van der Waals surface area contributed by atoms with Crippen molar-refractivity contribution in [3.63, 3.8) is 0 Å². The van der Waals surface area contributed by atoms with Crippen LogP contribution in [0.25, 0.3) is 0 Å². The van der Waals surface area contributed by atoms with Crippen molar-refractivity contribution in [1.29, 1.82) is 0 Å². The van der Waals surface area contributed by atoms with E-state index in [1.165, 1.54) is 18.3 Å². The van der Waals surface area contributed by atoms with E-state index in [1.807, 2.05) is 6.07 Å². The maximum atomic E-state index is 11.9. The van der Waals surface area contributed by atoms with Gasteiger partial charge in [-0.25, -0.2) is 0 Å². The fourth-order valence-corrected chi connectivity index (χ4v) is 1.66. The number of nitrogens with one attached hydrogen (secondary N) is 3. The summed E-state index contributed by atoms with van der Waals surface area (Å²) in [7, 11) is 0. The molecule has 0 atom stereocenters. The molecule has 0 radical (unpaired) electrons. The Labute approximate surface area is 110 Å². The van der Waals surface area contributed by atoms with Gasteiger partial charge in [-0.3, -0.25) is 14.7 Å². The third-order valence-corrected chi connectivity index (χ3v) is 2.72. The Morgan fingerprint density at radius 1 is 1.42 bits per heavy atom. The fourth-order valence-electron chi connectivity index (χ4n) is 1.66. The molecule has 0 aliphatic heterocycles. The lowest BCUT2D eigenvalue weighted by Crippen LogP contribution is -2.14. The zero-order chi connectivity index (χ0) is 13.7. The molecule has 100 valence electrons. The summed E-state index contributed by atoms with van der Waals surface area (Å²) in [6.45, 7) is 2.12. The first-order valence-electron chi connectivity index (χ1n) is 6.23. The molecule has 3 N–H and O–H groups in total. The summed E-state index contributed by atoms with van der Waals surface area (Å²) in [5.41, 5.74) is 1.15. The highest BCUT2D eigenvalue weighted by Crippen LogP contribution is 2.09. The Bertz CT molecular complexity index is 595. The second kappa shape index (κ2) is 5.99. The number of rotatable bonds is 5. The lowest BCUT2D eigenvalue weighted by molar-refractivity contribution is 0.102. The van der Waals surface area contributed by atoms with Gasteiger partial charge in [0.1, 0.15) is 0 Å². The van der Waals surface area contributed by atoms with E-state index in [-0.39, 0.29) is 11.5 Å². The van der Waals surface area contributed by atoms with Crippen molar-refractivity contribution in [2.75, 3.05) is 5.32 Å². The summed E-state index contributed by atoms with van der Waals surface area (Å²) >= 11 is 0. The number of aryl methyl sites for hydroxylation is 1. The Hall–Kier alpha value is -2.37. The number of hydrogen-bond donors (Lipinski definition) is 3. The average Bonchev–Trinajstić information content (AvgIpc) is 2.84. The molecule has 0 aliphatic rings. The van der Waals surface area contributed by atoms with Crippen molar-refractivity contribution >= 4 is 11.7 Å². The Kier molecular flexibility index (Phi) is 4.12. The molecule has 1 amide bonds. The molecular formula is C13H16N4O2. The lowest BCUT2D eigenvalue weighted by atomic mass is 10.2. The number of aromatic nitrogens is 3. The van der Waals surface area contributed by atoms with Gasteiger partial charge < -0.3 is 10.3 Å². The van der Waals surface area contributed by atoms with Gasteiger partial charge in [-0.15, -0.1) is 0 Å². The predicted octanol–water partition coefficient (Wildman–Crippen LogP) is 1.69. The van der Waals surface area contributed by atoms with Crippen LogP contribution in [-0.2, 0) is 6.42 Å². The van der Waals surface area contributed by atoms with Gasteiger partial charge in [0.15, 0.2) is 5.82 Å². The summed E-state index contributed by atoms with van der Waals surface area (Å²) < 4.78 is 0. The van der Waals surface area contributed by atoms with E-state index in [4.69, 9.17) is 0 Å². The summed E-state index contributed by atoms with van der Waals surface area (Å²) in [6.07, 6.45) is 4.48. The second-order valence-electron chi connectivity index (χ2n) is 4.28. The number of carbonyl (C=O) groups excluding carboxylic acids is 1. The van der Waals surface area contributed by atoms with Crippen LogP contribution in [-0.4, -0.2) is 21.1 Å². The van der Waals surface area contributed by atoms with Crippen LogP contribution in [0.4, 0.5) is 5.82 Å². The van der Waals surface area contributed by atoms with Gasteiger partial charge in [0.05, 0.1) is 5.56 Å². The molecule has 0 fully saturated rings. The van der Waals surface area contributed by atoms with Crippen LogP contribution in [0.1, 0.15) is 35.8 Å². The first-order chi connectivity index (χ1) is 9.19. The highest BCUT2D eigenvalue weighted by atomic mass is 16.2. The Balaban J connectivity index is 2.00. The molecule has 0 saturated heterocycles. The van der Waals surface area contributed by atoms with Gasteiger partial charge in [-0.1, -0.05) is 13.3 Å². The normalized spacial score (nSPS) is 10.4. The van der Waals surface area contributed by atoms with Gasteiger partial charge >= 0.3 is 0 Å². The molecule has 0 aromatic carbocycles.